The summed E-state index contributed by atoms with van der Waals surface area (Å²) in [7, 11) is 0. The van der Waals surface area contributed by atoms with Gasteiger partial charge in [-0.3, -0.25) is 0 Å². The van der Waals surface area contributed by atoms with Crippen molar-refractivity contribution in [2.24, 2.45) is 0 Å². The topological polar surface area (TPSA) is 64.9 Å². The lowest BCUT2D eigenvalue weighted by Gasteiger charge is -2.10. The molecule has 2 heterocycles. The number of nitrogens with zero attached hydrogens (tertiary/aromatic N) is 2. The van der Waals surface area contributed by atoms with Gasteiger partial charge in [0.25, 0.3) is 5.89 Å². The van der Waals surface area contributed by atoms with Crippen LogP contribution < -0.4 is 5.73 Å². The van der Waals surface area contributed by atoms with Gasteiger partial charge in [-0.1, -0.05) is 35.5 Å². The molecule has 2 aromatic heterocycles. The number of anilines is 1. The number of fused-ring (bicyclic) bond motifs is 1. The molecule has 21 heavy (non-hydrogen) atoms. The van der Waals surface area contributed by atoms with Gasteiger partial charge in [-0.05, 0) is 31.2 Å². The Bertz CT molecular complexity index is 776. The molecule has 1 aromatic carbocycles. The van der Waals surface area contributed by atoms with Gasteiger partial charge in [0.2, 0.25) is 5.82 Å². The lowest BCUT2D eigenvalue weighted by atomic mass is 9.95. The first-order chi connectivity index (χ1) is 10.3. The number of nitrogen functional groups attached to an aromatic ring is 1. The molecule has 0 unspecified atom stereocenters. The van der Waals surface area contributed by atoms with Gasteiger partial charge in [-0.15, -0.1) is 11.3 Å². The van der Waals surface area contributed by atoms with Crippen LogP contribution in [0.15, 0.2) is 34.9 Å². The Hall–Kier alpha value is -2.14. The van der Waals surface area contributed by atoms with Gasteiger partial charge in [0.15, 0.2) is 0 Å². The van der Waals surface area contributed by atoms with Crippen LogP contribution in [-0.4, -0.2) is 10.1 Å². The van der Waals surface area contributed by atoms with Gasteiger partial charge in [0, 0.05) is 10.4 Å². The fourth-order valence-electron chi connectivity index (χ4n) is 2.85. The van der Waals surface area contributed by atoms with Crippen molar-refractivity contribution in [3.05, 3.63) is 40.8 Å². The summed E-state index contributed by atoms with van der Waals surface area (Å²) in [6.45, 7) is 0. The minimum Gasteiger partial charge on any atom is -0.390 e. The molecule has 0 saturated carbocycles. The molecule has 3 aromatic rings. The van der Waals surface area contributed by atoms with Crippen molar-refractivity contribution in [2.45, 2.75) is 25.7 Å². The predicted molar refractivity (Wildman–Crippen MR) is 84.1 cm³/mol. The molecule has 0 atom stereocenters. The van der Waals surface area contributed by atoms with E-state index in [0.717, 1.165) is 29.0 Å². The second-order valence-corrected chi connectivity index (χ2v) is 6.38. The molecular formula is C16H15N3OS. The van der Waals surface area contributed by atoms with E-state index in [2.05, 4.69) is 10.1 Å². The third kappa shape index (κ3) is 2.14. The molecular weight excluding hydrogens is 282 g/mol. The number of hydrogen-bond donors (Lipinski definition) is 1. The summed E-state index contributed by atoms with van der Waals surface area (Å²) in [4.78, 5) is 5.92. The highest BCUT2D eigenvalue weighted by atomic mass is 32.1. The van der Waals surface area contributed by atoms with Crippen LogP contribution in [0.4, 0.5) is 5.00 Å². The first-order valence-electron chi connectivity index (χ1n) is 7.12. The Morgan fingerprint density at radius 2 is 1.90 bits per heavy atom. The van der Waals surface area contributed by atoms with Crippen molar-refractivity contribution in [3.8, 4) is 22.8 Å². The molecule has 0 fully saturated rings. The van der Waals surface area contributed by atoms with Gasteiger partial charge in [-0.25, -0.2) is 0 Å². The number of aromatic nitrogens is 2. The summed E-state index contributed by atoms with van der Waals surface area (Å²) in [5.41, 5.74) is 9.42. The summed E-state index contributed by atoms with van der Waals surface area (Å²) in [6.07, 6.45) is 4.62. The predicted octanol–water partition coefficient (Wildman–Crippen LogP) is 3.93. The quantitative estimate of drug-likeness (QED) is 0.778. The maximum Gasteiger partial charge on any atom is 0.261 e. The molecule has 0 saturated heterocycles. The van der Waals surface area contributed by atoms with E-state index in [-0.39, 0.29) is 0 Å². The number of nitrogens with two attached hydrogens (primary N) is 1. The number of thiophene rings is 1. The fourth-order valence-corrected chi connectivity index (χ4v) is 4.00. The van der Waals surface area contributed by atoms with E-state index < -0.39 is 0 Å². The molecule has 4 nitrogen and oxygen atoms in total. The van der Waals surface area contributed by atoms with Crippen molar-refractivity contribution >= 4 is 16.3 Å². The molecule has 2 N–H and O–H groups in total. The van der Waals surface area contributed by atoms with Crippen LogP contribution in [0.5, 0.6) is 0 Å². The van der Waals surface area contributed by atoms with Crippen molar-refractivity contribution in [2.75, 3.05) is 5.73 Å². The smallest absolute Gasteiger partial charge is 0.261 e. The normalized spacial score (nSPS) is 14.1. The molecule has 4 rings (SSSR count). The van der Waals surface area contributed by atoms with E-state index in [1.807, 2.05) is 30.3 Å². The number of hydrogen-bond acceptors (Lipinski definition) is 5. The molecule has 5 heteroatoms. The van der Waals surface area contributed by atoms with E-state index in [1.165, 1.54) is 23.3 Å². The highest BCUT2D eigenvalue weighted by molar-refractivity contribution is 7.16. The van der Waals surface area contributed by atoms with Gasteiger partial charge < -0.3 is 10.3 Å². The van der Waals surface area contributed by atoms with Gasteiger partial charge >= 0.3 is 0 Å². The van der Waals surface area contributed by atoms with E-state index >= 15 is 0 Å². The summed E-state index contributed by atoms with van der Waals surface area (Å²) >= 11 is 1.67. The van der Waals surface area contributed by atoms with Gasteiger partial charge in [0.1, 0.15) is 0 Å². The van der Waals surface area contributed by atoms with Gasteiger partial charge in [-0.2, -0.15) is 4.98 Å². The average molecular weight is 297 g/mol. The van der Waals surface area contributed by atoms with Gasteiger partial charge in [0.05, 0.1) is 10.6 Å². The molecule has 1 aliphatic rings. The zero-order chi connectivity index (χ0) is 14.2. The first kappa shape index (κ1) is 12.6. The average Bonchev–Trinajstić information content (AvgIpc) is 3.11. The summed E-state index contributed by atoms with van der Waals surface area (Å²) < 4.78 is 5.48. The Balaban J connectivity index is 1.78. The van der Waals surface area contributed by atoms with E-state index in [4.69, 9.17) is 10.3 Å². The highest BCUT2D eigenvalue weighted by Gasteiger charge is 2.24. The minimum atomic E-state index is 0.547. The highest BCUT2D eigenvalue weighted by Crippen LogP contribution is 2.42. The maximum absolute atomic E-state index is 6.19. The van der Waals surface area contributed by atoms with Crippen LogP contribution in [0.25, 0.3) is 22.8 Å². The third-order valence-electron chi connectivity index (χ3n) is 3.87. The van der Waals surface area contributed by atoms with Crippen LogP contribution in [0.2, 0.25) is 0 Å². The van der Waals surface area contributed by atoms with Crippen LogP contribution in [0, 0.1) is 0 Å². The molecule has 106 valence electrons. The summed E-state index contributed by atoms with van der Waals surface area (Å²) in [5, 5.41) is 4.89. The Kier molecular flexibility index (Phi) is 3.00. The Morgan fingerprint density at radius 1 is 1.10 bits per heavy atom. The third-order valence-corrected chi connectivity index (χ3v) is 4.99. The van der Waals surface area contributed by atoms with Crippen LogP contribution >= 0.6 is 11.3 Å². The number of aryl methyl sites for hydroxylation is 1. The number of rotatable bonds is 2. The number of benzene rings is 1. The molecule has 0 bridgehead atoms. The minimum absolute atomic E-state index is 0.547. The summed E-state index contributed by atoms with van der Waals surface area (Å²) in [5.74, 6) is 1.16. The lowest BCUT2D eigenvalue weighted by Crippen LogP contribution is -1.99. The summed E-state index contributed by atoms with van der Waals surface area (Å²) in [6, 6.07) is 9.85. The van der Waals surface area contributed by atoms with E-state index in [9.17, 15) is 0 Å². The zero-order valence-corrected chi connectivity index (χ0v) is 12.3. The van der Waals surface area contributed by atoms with E-state index in [1.54, 1.807) is 11.3 Å². The van der Waals surface area contributed by atoms with Crippen molar-refractivity contribution in [3.63, 3.8) is 0 Å². The molecule has 0 radical (unpaired) electrons. The molecule has 0 aliphatic heterocycles. The molecule has 1 aliphatic carbocycles. The van der Waals surface area contributed by atoms with Crippen molar-refractivity contribution in [1.82, 2.24) is 10.1 Å². The second-order valence-electron chi connectivity index (χ2n) is 5.24. The SMILES string of the molecule is Nc1sc2c(c1-c1nc(-c3ccccc3)no1)CCCC2. The standard InChI is InChI=1S/C16H15N3OS/c17-14-13(11-8-4-5-9-12(11)21-14)16-18-15(19-20-16)10-6-2-1-3-7-10/h1-3,6-7H,4-5,8-9,17H2. The van der Waals surface area contributed by atoms with Crippen molar-refractivity contribution in [1.29, 1.82) is 0 Å². The van der Waals surface area contributed by atoms with Crippen molar-refractivity contribution < 1.29 is 4.52 Å². The largest absolute Gasteiger partial charge is 0.390 e. The molecule has 0 amide bonds. The Morgan fingerprint density at radius 3 is 2.76 bits per heavy atom. The fraction of sp³-hybridized carbons (Fsp3) is 0.250. The van der Waals surface area contributed by atoms with E-state index in [0.29, 0.717) is 11.7 Å². The second kappa shape index (κ2) is 5.00. The van der Waals surface area contributed by atoms with Crippen LogP contribution in [0.3, 0.4) is 0 Å². The lowest BCUT2D eigenvalue weighted by molar-refractivity contribution is 0.432. The first-order valence-corrected chi connectivity index (χ1v) is 7.94. The monoisotopic (exact) mass is 297 g/mol. The Labute approximate surface area is 126 Å². The van der Waals surface area contributed by atoms with Crippen LogP contribution in [0.1, 0.15) is 23.3 Å². The van der Waals surface area contributed by atoms with Crippen LogP contribution in [-0.2, 0) is 12.8 Å². The molecule has 0 spiro atoms. The maximum atomic E-state index is 6.19. The zero-order valence-electron chi connectivity index (χ0n) is 11.5.